The molecule has 0 fully saturated rings. The van der Waals surface area contributed by atoms with E-state index in [1.54, 1.807) is 0 Å². The number of nitrogens with two attached hydrogens (primary N) is 1. The minimum absolute atomic E-state index is 0.145. The minimum Gasteiger partial charge on any atom is -0.389 e. The van der Waals surface area contributed by atoms with Crippen LogP contribution in [0.5, 0.6) is 0 Å². The van der Waals surface area contributed by atoms with Gasteiger partial charge in [0.05, 0.1) is 16.5 Å². The van der Waals surface area contributed by atoms with E-state index in [-0.39, 0.29) is 21.3 Å². The Morgan fingerprint density at radius 2 is 2.24 bits per heavy atom. The minimum atomic E-state index is -4.06. The molecular weight excluding hydrogens is 319 g/mol. The number of rotatable bonds is 5. The van der Waals surface area contributed by atoms with Crippen LogP contribution in [0, 0.1) is 5.82 Å². The Hall–Kier alpha value is -1.98. The monoisotopic (exact) mass is 330 g/mol. The third-order valence-corrected chi connectivity index (χ3v) is 4.38. The van der Waals surface area contributed by atoms with Gasteiger partial charge in [0.1, 0.15) is 10.8 Å². The highest BCUT2D eigenvalue weighted by Gasteiger charge is 2.26. The van der Waals surface area contributed by atoms with Gasteiger partial charge in [0, 0.05) is 0 Å². The molecular formula is C10H11FN6O2S2. The van der Waals surface area contributed by atoms with Crippen molar-refractivity contribution in [3.8, 4) is 0 Å². The highest BCUT2D eigenvalue weighted by molar-refractivity contribution is 7.89. The van der Waals surface area contributed by atoms with E-state index in [0.717, 1.165) is 6.07 Å². The average Bonchev–Trinajstić information content (AvgIpc) is 2.91. The zero-order chi connectivity index (χ0) is 15.6. The van der Waals surface area contributed by atoms with E-state index in [1.807, 2.05) is 0 Å². The number of hydrogen-bond acceptors (Lipinski definition) is 6. The molecule has 1 atom stereocenters. The first-order valence-electron chi connectivity index (χ1n) is 5.67. The Morgan fingerprint density at radius 1 is 1.52 bits per heavy atom. The standard InChI is InChI=1S/C10H11FN6O2S2/c1-5(10-13-16-17-14-10)15-21(18,19)7-4-2-3-6(11)8(7)9(12)20/h2-5,15H,1H3,(H2,12,20)(H,13,14,16,17). The van der Waals surface area contributed by atoms with Crippen molar-refractivity contribution in [3.05, 3.63) is 35.4 Å². The second kappa shape index (κ2) is 5.79. The van der Waals surface area contributed by atoms with Crippen LogP contribution in [0.25, 0.3) is 0 Å². The maximum atomic E-state index is 13.7. The van der Waals surface area contributed by atoms with E-state index >= 15 is 0 Å². The lowest BCUT2D eigenvalue weighted by atomic mass is 10.2. The predicted octanol–water partition coefficient (Wildman–Crippen LogP) is 0.0125. The fraction of sp³-hybridized carbons (Fsp3) is 0.200. The van der Waals surface area contributed by atoms with E-state index in [0.29, 0.717) is 0 Å². The Morgan fingerprint density at radius 3 is 2.81 bits per heavy atom. The summed E-state index contributed by atoms with van der Waals surface area (Å²) >= 11 is 4.71. The van der Waals surface area contributed by atoms with Gasteiger partial charge in [-0.15, -0.1) is 10.2 Å². The number of benzene rings is 1. The first kappa shape index (κ1) is 15.4. The molecule has 1 aromatic heterocycles. The molecule has 0 aliphatic carbocycles. The van der Waals surface area contributed by atoms with E-state index in [2.05, 4.69) is 25.3 Å². The van der Waals surface area contributed by atoms with E-state index in [1.165, 1.54) is 19.1 Å². The second-order valence-corrected chi connectivity index (χ2v) is 6.21. The Bertz CT molecular complexity index is 762. The number of halogens is 1. The molecule has 2 rings (SSSR count). The van der Waals surface area contributed by atoms with Crippen LogP contribution < -0.4 is 10.5 Å². The number of thiocarbonyl (C=S) groups is 1. The third-order valence-electron chi connectivity index (χ3n) is 2.59. The van der Waals surface area contributed by atoms with Gasteiger partial charge in [-0.05, 0) is 19.1 Å². The molecule has 0 radical (unpaired) electrons. The van der Waals surface area contributed by atoms with Gasteiger partial charge in [0.25, 0.3) is 0 Å². The normalized spacial score (nSPS) is 13.0. The number of tetrazole rings is 1. The summed E-state index contributed by atoms with van der Waals surface area (Å²) < 4.78 is 40.7. The van der Waals surface area contributed by atoms with Gasteiger partial charge in [-0.3, -0.25) is 0 Å². The first-order valence-corrected chi connectivity index (χ1v) is 7.56. The van der Waals surface area contributed by atoms with Crippen LogP contribution in [0.1, 0.15) is 24.4 Å². The van der Waals surface area contributed by atoms with Gasteiger partial charge in [-0.1, -0.05) is 23.5 Å². The van der Waals surface area contributed by atoms with Crippen molar-refractivity contribution >= 4 is 27.2 Å². The molecule has 1 aromatic carbocycles. The van der Waals surface area contributed by atoms with Gasteiger partial charge >= 0.3 is 0 Å². The number of aromatic amines is 1. The van der Waals surface area contributed by atoms with Crippen molar-refractivity contribution in [1.82, 2.24) is 25.3 Å². The molecule has 112 valence electrons. The van der Waals surface area contributed by atoms with Crippen LogP contribution in [0.3, 0.4) is 0 Å². The van der Waals surface area contributed by atoms with Gasteiger partial charge in [-0.25, -0.2) is 17.5 Å². The maximum Gasteiger partial charge on any atom is 0.242 e. The molecule has 21 heavy (non-hydrogen) atoms. The summed E-state index contributed by atoms with van der Waals surface area (Å²) in [6.45, 7) is 1.52. The van der Waals surface area contributed by atoms with Crippen LogP contribution in [-0.4, -0.2) is 34.0 Å². The summed E-state index contributed by atoms with van der Waals surface area (Å²) in [6, 6.07) is 2.78. The lowest BCUT2D eigenvalue weighted by Crippen LogP contribution is -2.30. The quantitative estimate of drug-likeness (QED) is 0.659. The highest BCUT2D eigenvalue weighted by Crippen LogP contribution is 2.20. The van der Waals surface area contributed by atoms with Gasteiger partial charge in [0.15, 0.2) is 5.82 Å². The molecule has 1 heterocycles. The smallest absolute Gasteiger partial charge is 0.242 e. The Balaban J connectivity index is 2.41. The fourth-order valence-electron chi connectivity index (χ4n) is 1.67. The van der Waals surface area contributed by atoms with Crippen molar-refractivity contribution in [3.63, 3.8) is 0 Å². The van der Waals surface area contributed by atoms with Crippen molar-refractivity contribution in [2.45, 2.75) is 17.9 Å². The molecule has 0 saturated carbocycles. The summed E-state index contributed by atoms with van der Waals surface area (Å²) in [5.41, 5.74) is 5.06. The summed E-state index contributed by atoms with van der Waals surface area (Å²) in [4.78, 5) is -0.689. The van der Waals surface area contributed by atoms with Crippen molar-refractivity contribution < 1.29 is 12.8 Å². The number of nitrogens with one attached hydrogen (secondary N) is 2. The molecule has 2 aromatic rings. The third kappa shape index (κ3) is 3.20. The van der Waals surface area contributed by atoms with Crippen molar-refractivity contribution in [1.29, 1.82) is 0 Å². The maximum absolute atomic E-state index is 13.7. The number of nitrogens with zero attached hydrogens (tertiary/aromatic N) is 3. The largest absolute Gasteiger partial charge is 0.389 e. The van der Waals surface area contributed by atoms with Gasteiger partial charge in [-0.2, -0.15) is 5.21 Å². The average molecular weight is 330 g/mol. The van der Waals surface area contributed by atoms with E-state index in [9.17, 15) is 12.8 Å². The first-order chi connectivity index (χ1) is 9.83. The molecule has 0 aliphatic rings. The summed E-state index contributed by atoms with van der Waals surface area (Å²) in [5.74, 6) is -0.663. The number of H-pyrrole nitrogens is 1. The summed E-state index contributed by atoms with van der Waals surface area (Å²) in [6.07, 6.45) is 0. The molecule has 0 amide bonds. The zero-order valence-corrected chi connectivity index (χ0v) is 12.4. The zero-order valence-electron chi connectivity index (χ0n) is 10.7. The predicted molar refractivity (Wildman–Crippen MR) is 75.2 cm³/mol. The van der Waals surface area contributed by atoms with Crippen LogP contribution in [0.4, 0.5) is 4.39 Å². The number of sulfonamides is 1. The van der Waals surface area contributed by atoms with Gasteiger partial charge in [0.2, 0.25) is 10.0 Å². The Kier molecular flexibility index (Phi) is 4.25. The molecule has 8 nitrogen and oxygen atoms in total. The lowest BCUT2D eigenvalue weighted by molar-refractivity contribution is 0.557. The van der Waals surface area contributed by atoms with E-state index in [4.69, 9.17) is 18.0 Å². The lowest BCUT2D eigenvalue weighted by Gasteiger charge is -2.14. The summed E-state index contributed by atoms with van der Waals surface area (Å²) in [7, 11) is -4.06. The molecule has 0 bridgehead atoms. The van der Waals surface area contributed by atoms with Crippen LogP contribution >= 0.6 is 12.2 Å². The van der Waals surface area contributed by atoms with Crippen LogP contribution in [0.15, 0.2) is 23.1 Å². The summed E-state index contributed by atoms with van der Waals surface area (Å²) in [5, 5.41) is 12.9. The second-order valence-electron chi connectivity index (χ2n) is 4.09. The molecule has 4 N–H and O–H groups in total. The van der Waals surface area contributed by atoms with Gasteiger partial charge < -0.3 is 5.73 Å². The van der Waals surface area contributed by atoms with Crippen molar-refractivity contribution in [2.75, 3.05) is 0 Å². The molecule has 0 aliphatic heterocycles. The topological polar surface area (TPSA) is 127 Å². The highest BCUT2D eigenvalue weighted by atomic mass is 32.2. The molecule has 0 spiro atoms. The fourth-order valence-corrected chi connectivity index (χ4v) is 3.37. The van der Waals surface area contributed by atoms with Crippen molar-refractivity contribution in [2.24, 2.45) is 5.73 Å². The molecule has 11 heteroatoms. The van der Waals surface area contributed by atoms with Crippen LogP contribution in [0.2, 0.25) is 0 Å². The Labute approximate surface area is 125 Å². The number of aromatic nitrogens is 4. The SMILES string of the molecule is CC(NS(=O)(=O)c1cccc(F)c1C(N)=S)c1nn[nH]n1. The van der Waals surface area contributed by atoms with E-state index < -0.39 is 21.9 Å². The molecule has 1 unspecified atom stereocenters. The number of hydrogen-bond donors (Lipinski definition) is 3. The van der Waals surface area contributed by atoms with Crippen LogP contribution in [-0.2, 0) is 10.0 Å². The molecule has 0 saturated heterocycles.